The van der Waals surface area contributed by atoms with Crippen molar-refractivity contribution in [3.8, 4) is 0 Å². The quantitative estimate of drug-likeness (QED) is 0.386. The summed E-state index contributed by atoms with van der Waals surface area (Å²) in [5, 5.41) is 0.559. The predicted molar refractivity (Wildman–Crippen MR) is 117 cm³/mol. The highest BCUT2D eigenvalue weighted by molar-refractivity contribution is 8.00. The molecule has 0 saturated heterocycles. The van der Waals surface area contributed by atoms with E-state index in [1.54, 1.807) is 23.4 Å². The summed E-state index contributed by atoms with van der Waals surface area (Å²) >= 11 is 2.81. The number of anilines is 1. The number of thioether (sulfide) groups is 1. The largest absolute Gasteiger partial charge is 0.283 e. The molecule has 146 valence electrons. The number of amides is 1. The van der Waals surface area contributed by atoms with Crippen LogP contribution in [0, 0.1) is 12.7 Å². The minimum absolute atomic E-state index is 0.0565. The lowest BCUT2D eigenvalue weighted by atomic mass is 10.2. The van der Waals surface area contributed by atoms with Gasteiger partial charge in [0.15, 0.2) is 5.13 Å². The molecule has 2 aromatic carbocycles. The van der Waals surface area contributed by atoms with Crippen LogP contribution in [0.3, 0.4) is 0 Å². The maximum atomic E-state index is 13.6. The van der Waals surface area contributed by atoms with E-state index < -0.39 is 0 Å². The summed E-state index contributed by atoms with van der Waals surface area (Å²) in [6, 6.07) is 16.3. The van der Waals surface area contributed by atoms with Gasteiger partial charge < -0.3 is 0 Å². The highest BCUT2D eigenvalue weighted by Gasteiger charge is 2.21. The number of rotatable bonds is 6. The zero-order valence-corrected chi connectivity index (χ0v) is 17.3. The summed E-state index contributed by atoms with van der Waals surface area (Å²) in [6.07, 6.45) is 3.43. The summed E-state index contributed by atoms with van der Waals surface area (Å²) in [6.45, 7) is 2.40. The molecule has 4 rings (SSSR count). The second kappa shape index (κ2) is 8.71. The van der Waals surface area contributed by atoms with Gasteiger partial charge in [0.25, 0.3) is 0 Å². The van der Waals surface area contributed by atoms with E-state index in [-0.39, 0.29) is 17.5 Å². The van der Waals surface area contributed by atoms with Crippen LogP contribution in [0.2, 0.25) is 0 Å². The van der Waals surface area contributed by atoms with E-state index >= 15 is 0 Å². The molecule has 7 heteroatoms. The van der Waals surface area contributed by atoms with Crippen molar-refractivity contribution < 1.29 is 9.18 Å². The van der Waals surface area contributed by atoms with Crippen LogP contribution in [0.5, 0.6) is 0 Å². The van der Waals surface area contributed by atoms with Gasteiger partial charge in [-0.1, -0.05) is 35.1 Å². The van der Waals surface area contributed by atoms with Crippen molar-refractivity contribution in [3.05, 3.63) is 83.9 Å². The topological polar surface area (TPSA) is 46.1 Å². The van der Waals surface area contributed by atoms with Gasteiger partial charge in [0.05, 0.1) is 22.5 Å². The number of halogens is 1. The second-order valence-corrected chi connectivity index (χ2v) is 8.61. The molecule has 0 unspecified atom stereocenters. The van der Waals surface area contributed by atoms with Crippen molar-refractivity contribution in [3.63, 3.8) is 0 Å². The van der Waals surface area contributed by atoms with Crippen molar-refractivity contribution in [2.24, 2.45) is 0 Å². The van der Waals surface area contributed by atoms with Gasteiger partial charge in [0.1, 0.15) is 5.82 Å². The first kappa shape index (κ1) is 19.5. The van der Waals surface area contributed by atoms with Crippen LogP contribution >= 0.6 is 23.1 Å². The Bertz CT molecular complexity index is 1130. The number of aromatic nitrogens is 2. The van der Waals surface area contributed by atoms with E-state index in [1.165, 1.54) is 40.8 Å². The van der Waals surface area contributed by atoms with Gasteiger partial charge in [-0.25, -0.2) is 9.37 Å². The standard InChI is InChI=1S/C22H18FN3OS2/c1-15-4-7-18(8-5-15)28-14-21(27)26(13-16-3-2-10-24-12-16)22-25-19-9-6-17(23)11-20(19)29-22/h2-12H,13-14H2,1H3. The molecule has 0 atom stereocenters. The molecule has 0 aliphatic rings. The van der Waals surface area contributed by atoms with E-state index in [0.717, 1.165) is 15.2 Å². The number of pyridine rings is 1. The van der Waals surface area contributed by atoms with Gasteiger partial charge >= 0.3 is 0 Å². The summed E-state index contributed by atoms with van der Waals surface area (Å²) in [5.41, 5.74) is 2.77. The third-order valence-corrected chi connectivity index (χ3v) is 6.36. The molecule has 2 heterocycles. The molecule has 29 heavy (non-hydrogen) atoms. The lowest BCUT2D eigenvalue weighted by molar-refractivity contribution is -0.116. The van der Waals surface area contributed by atoms with E-state index in [9.17, 15) is 9.18 Å². The van der Waals surface area contributed by atoms with E-state index in [4.69, 9.17) is 0 Å². The first-order chi connectivity index (χ1) is 14.1. The SMILES string of the molecule is Cc1ccc(SCC(=O)N(Cc2cccnc2)c2nc3ccc(F)cc3s2)cc1. The molecule has 0 spiro atoms. The van der Waals surface area contributed by atoms with Gasteiger partial charge in [-0.3, -0.25) is 14.7 Å². The van der Waals surface area contributed by atoms with Gasteiger partial charge in [-0.2, -0.15) is 0 Å². The number of benzene rings is 2. The van der Waals surface area contributed by atoms with Gasteiger partial charge in [0, 0.05) is 17.3 Å². The minimum Gasteiger partial charge on any atom is -0.283 e. The Balaban J connectivity index is 1.59. The molecule has 0 bridgehead atoms. The Kier molecular flexibility index (Phi) is 5.87. The summed E-state index contributed by atoms with van der Waals surface area (Å²) in [4.78, 5) is 24.5. The van der Waals surface area contributed by atoms with Crippen LogP contribution in [0.15, 0.2) is 71.9 Å². The van der Waals surface area contributed by atoms with Gasteiger partial charge in [-0.15, -0.1) is 11.8 Å². The zero-order chi connectivity index (χ0) is 20.2. The molecule has 0 aliphatic heterocycles. The molecule has 4 aromatic rings. The number of thiazole rings is 1. The second-order valence-electron chi connectivity index (χ2n) is 6.55. The predicted octanol–water partition coefficient (Wildman–Crippen LogP) is 5.46. The Morgan fingerprint density at radius 3 is 2.76 bits per heavy atom. The van der Waals surface area contributed by atoms with E-state index in [0.29, 0.717) is 17.2 Å². The van der Waals surface area contributed by atoms with Crippen molar-refractivity contribution in [2.75, 3.05) is 10.7 Å². The molecule has 2 aromatic heterocycles. The number of carbonyl (C=O) groups is 1. The zero-order valence-electron chi connectivity index (χ0n) is 15.7. The first-order valence-electron chi connectivity index (χ1n) is 9.03. The number of carbonyl (C=O) groups excluding carboxylic acids is 1. The fourth-order valence-corrected chi connectivity index (χ4v) is 4.58. The van der Waals surface area contributed by atoms with Crippen molar-refractivity contribution in [1.82, 2.24) is 9.97 Å². The fourth-order valence-electron chi connectivity index (χ4n) is 2.80. The van der Waals surface area contributed by atoms with Crippen molar-refractivity contribution in [2.45, 2.75) is 18.4 Å². The molecular formula is C22H18FN3OS2. The van der Waals surface area contributed by atoms with Gasteiger partial charge in [-0.05, 0) is 48.9 Å². The maximum Gasteiger partial charge on any atom is 0.239 e. The summed E-state index contributed by atoms with van der Waals surface area (Å²) in [7, 11) is 0. The van der Waals surface area contributed by atoms with E-state index in [2.05, 4.69) is 9.97 Å². The average Bonchev–Trinajstić information content (AvgIpc) is 3.15. The highest BCUT2D eigenvalue weighted by atomic mass is 32.2. The fraction of sp³-hybridized carbons (Fsp3) is 0.136. The molecule has 1 amide bonds. The van der Waals surface area contributed by atoms with Crippen LogP contribution in [0.25, 0.3) is 10.2 Å². The molecule has 0 aliphatic carbocycles. The molecule has 0 saturated carbocycles. The highest BCUT2D eigenvalue weighted by Crippen LogP contribution is 2.31. The lowest BCUT2D eigenvalue weighted by Gasteiger charge is -2.19. The normalized spacial score (nSPS) is 11.0. The van der Waals surface area contributed by atoms with E-state index in [1.807, 2.05) is 43.3 Å². The molecule has 4 nitrogen and oxygen atoms in total. The average molecular weight is 424 g/mol. The molecule has 0 fully saturated rings. The molecular weight excluding hydrogens is 405 g/mol. The lowest BCUT2D eigenvalue weighted by Crippen LogP contribution is -2.31. The Hall–Kier alpha value is -2.77. The van der Waals surface area contributed by atoms with Crippen LogP contribution in [-0.2, 0) is 11.3 Å². The number of hydrogen-bond donors (Lipinski definition) is 0. The Morgan fingerprint density at radius 2 is 2.00 bits per heavy atom. The number of fused-ring (bicyclic) bond motifs is 1. The smallest absolute Gasteiger partial charge is 0.239 e. The van der Waals surface area contributed by atoms with Crippen molar-refractivity contribution >= 4 is 44.4 Å². The number of aryl methyl sites for hydroxylation is 1. The molecule has 0 radical (unpaired) electrons. The minimum atomic E-state index is -0.312. The first-order valence-corrected chi connectivity index (χ1v) is 10.8. The number of nitrogens with zero attached hydrogens (tertiary/aromatic N) is 3. The van der Waals surface area contributed by atoms with Crippen LogP contribution < -0.4 is 4.90 Å². The third-order valence-electron chi connectivity index (χ3n) is 4.32. The Labute approximate surface area is 176 Å². The monoisotopic (exact) mass is 423 g/mol. The number of hydrogen-bond acceptors (Lipinski definition) is 5. The Morgan fingerprint density at radius 1 is 1.17 bits per heavy atom. The molecule has 0 N–H and O–H groups in total. The van der Waals surface area contributed by atoms with Crippen molar-refractivity contribution in [1.29, 1.82) is 0 Å². The third kappa shape index (κ3) is 4.81. The van der Waals surface area contributed by atoms with Crippen LogP contribution in [0.1, 0.15) is 11.1 Å². The maximum absolute atomic E-state index is 13.6. The summed E-state index contributed by atoms with van der Waals surface area (Å²) in [5.74, 6) is -0.0835. The van der Waals surface area contributed by atoms with Gasteiger partial charge in [0.2, 0.25) is 5.91 Å². The van der Waals surface area contributed by atoms with Crippen LogP contribution in [-0.4, -0.2) is 21.6 Å². The summed E-state index contributed by atoms with van der Waals surface area (Å²) < 4.78 is 14.3. The van der Waals surface area contributed by atoms with Crippen LogP contribution in [0.4, 0.5) is 9.52 Å².